The van der Waals surface area contributed by atoms with Crippen LogP contribution in [0, 0.1) is 29.6 Å². The number of fused-ring (bicyclic) bond motifs is 2. The van der Waals surface area contributed by atoms with Gasteiger partial charge >= 0.3 is 11.9 Å². The van der Waals surface area contributed by atoms with E-state index >= 15 is 0 Å². The van der Waals surface area contributed by atoms with Crippen molar-refractivity contribution in [2.24, 2.45) is 29.6 Å². The highest BCUT2D eigenvalue weighted by Gasteiger charge is 2.51. The number of esters is 2. The van der Waals surface area contributed by atoms with Gasteiger partial charge in [0.15, 0.2) is 0 Å². The van der Waals surface area contributed by atoms with Crippen LogP contribution in [0.4, 0.5) is 0 Å². The second kappa shape index (κ2) is 8.50. The molecule has 0 amide bonds. The van der Waals surface area contributed by atoms with Gasteiger partial charge in [0.2, 0.25) is 0 Å². The molecule has 6 unspecified atom stereocenters. The van der Waals surface area contributed by atoms with E-state index in [1.54, 1.807) is 0 Å². The summed E-state index contributed by atoms with van der Waals surface area (Å²) in [5, 5.41) is 0. The number of carbonyl (C=O) groups excluding carboxylic acids is 2. The van der Waals surface area contributed by atoms with Crippen LogP contribution < -0.4 is 0 Å². The third kappa shape index (κ3) is 4.28. The van der Waals surface area contributed by atoms with Crippen LogP contribution in [0.15, 0.2) is 25.3 Å². The minimum absolute atomic E-state index is 0.0588. The lowest BCUT2D eigenvalue weighted by atomic mass is 9.71. The maximum atomic E-state index is 11.3. The Bertz CT molecular complexity index is 484. The Morgan fingerprint density at radius 2 is 1.88 bits per heavy atom. The first kappa shape index (κ1) is 18.8. The molecule has 0 aromatic heterocycles. The van der Waals surface area contributed by atoms with Crippen LogP contribution >= 0.6 is 0 Å². The second-order valence-corrected chi connectivity index (χ2v) is 7.25. The smallest absolute Gasteiger partial charge is 0.330 e. The normalized spacial score (nSPS) is 32.2. The van der Waals surface area contributed by atoms with Gasteiger partial charge in [-0.25, -0.2) is 9.59 Å². The summed E-state index contributed by atoms with van der Waals surface area (Å²) in [6.07, 6.45) is 7.97. The number of rotatable bonds is 9. The molecule has 2 bridgehead atoms. The fourth-order valence-electron chi connectivity index (χ4n) is 4.97. The Morgan fingerprint density at radius 1 is 1.17 bits per heavy atom. The molecule has 4 heteroatoms. The van der Waals surface area contributed by atoms with Crippen molar-refractivity contribution >= 4 is 11.9 Å². The summed E-state index contributed by atoms with van der Waals surface area (Å²) in [6, 6.07) is 0. The Hall–Kier alpha value is -1.58. The highest BCUT2D eigenvalue weighted by Crippen LogP contribution is 2.57. The fourth-order valence-corrected chi connectivity index (χ4v) is 4.97. The molecule has 134 valence electrons. The Morgan fingerprint density at radius 3 is 2.50 bits per heavy atom. The topological polar surface area (TPSA) is 52.6 Å². The number of ether oxygens (including phenoxy) is 2. The van der Waals surface area contributed by atoms with E-state index in [4.69, 9.17) is 9.47 Å². The zero-order chi connectivity index (χ0) is 17.7. The summed E-state index contributed by atoms with van der Waals surface area (Å²) in [7, 11) is 0. The highest BCUT2D eigenvalue weighted by molar-refractivity contribution is 5.81. The molecule has 0 heterocycles. The average molecular weight is 334 g/mol. The summed E-state index contributed by atoms with van der Waals surface area (Å²) < 4.78 is 10.6. The van der Waals surface area contributed by atoms with Gasteiger partial charge in [-0.3, -0.25) is 0 Å². The van der Waals surface area contributed by atoms with Gasteiger partial charge in [-0.15, -0.1) is 0 Å². The van der Waals surface area contributed by atoms with Gasteiger partial charge in [0.1, 0.15) is 0 Å². The lowest BCUT2D eigenvalue weighted by molar-refractivity contribution is -0.143. The molecular weight excluding hydrogens is 304 g/mol. The second-order valence-electron chi connectivity index (χ2n) is 7.25. The predicted octanol–water partition coefficient (Wildman–Crippen LogP) is 3.91. The SMILES string of the molecule is C=CC(=O)OCC1CC2CC1C(CC)C2CCC(C)OC(=O)C=C. The van der Waals surface area contributed by atoms with Crippen molar-refractivity contribution in [3.8, 4) is 0 Å². The molecule has 2 aliphatic rings. The van der Waals surface area contributed by atoms with Gasteiger partial charge in [0, 0.05) is 12.2 Å². The number of hydrogen-bond donors (Lipinski definition) is 0. The zero-order valence-electron chi connectivity index (χ0n) is 14.9. The Kier molecular flexibility index (Phi) is 6.64. The van der Waals surface area contributed by atoms with Crippen molar-refractivity contribution in [3.05, 3.63) is 25.3 Å². The monoisotopic (exact) mass is 334 g/mol. The lowest BCUT2D eigenvalue weighted by Gasteiger charge is -2.35. The highest BCUT2D eigenvalue weighted by atomic mass is 16.5. The van der Waals surface area contributed by atoms with Crippen LogP contribution in [0.25, 0.3) is 0 Å². The van der Waals surface area contributed by atoms with Gasteiger partial charge in [-0.2, -0.15) is 0 Å². The van der Waals surface area contributed by atoms with E-state index < -0.39 is 0 Å². The molecule has 0 aliphatic heterocycles. The van der Waals surface area contributed by atoms with Crippen LogP contribution in [0.3, 0.4) is 0 Å². The van der Waals surface area contributed by atoms with Crippen molar-refractivity contribution in [1.82, 2.24) is 0 Å². The van der Waals surface area contributed by atoms with Crippen LogP contribution in [0.5, 0.6) is 0 Å². The summed E-state index contributed by atoms with van der Waals surface area (Å²) >= 11 is 0. The lowest BCUT2D eigenvalue weighted by Crippen LogP contribution is -2.31. The summed E-state index contributed by atoms with van der Waals surface area (Å²) in [5.74, 6) is 2.61. The molecule has 0 aromatic carbocycles. The first-order valence-corrected chi connectivity index (χ1v) is 9.12. The molecule has 4 nitrogen and oxygen atoms in total. The molecule has 0 spiro atoms. The van der Waals surface area contributed by atoms with E-state index in [2.05, 4.69) is 20.1 Å². The van der Waals surface area contributed by atoms with Gasteiger partial charge < -0.3 is 9.47 Å². The third-order valence-electron chi connectivity index (χ3n) is 5.96. The van der Waals surface area contributed by atoms with E-state index in [0.29, 0.717) is 30.3 Å². The van der Waals surface area contributed by atoms with Crippen LogP contribution in [-0.2, 0) is 19.1 Å². The standard InChI is InChI=1S/C20H30O4/c1-5-16-17(9-8-13(4)24-20(22)7-3)14-10-15(18(16)11-14)12-23-19(21)6-2/h6-7,13-18H,2-3,5,8-12H2,1,4H3. The average Bonchev–Trinajstić information content (AvgIpc) is 3.14. The van der Waals surface area contributed by atoms with Crippen molar-refractivity contribution in [1.29, 1.82) is 0 Å². The molecule has 2 saturated carbocycles. The largest absolute Gasteiger partial charge is 0.462 e. The Balaban J connectivity index is 1.84. The van der Waals surface area contributed by atoms with Crippen molar-refractivity contribution in [2.75, 3.05) is 6.61 Å². The van der Waals surface area contributed by atoms with E-state index in [1.165, 1.54) is 25.0 Å². The first-order chi connectivity index (χ1) is 11.5. The molecule has 2 rings (SSSR count). The maximum Gasteiger partial charge on any atom is 0.330 e. The molecule has 0 aromatic rings. The summed E-state index contributed by atoms with van der Waals surface area (Å²) in [6.45, 7) is 11.6. The molecular formula is C20H30O4. The predicted molar refractivity (Wildman–Crippen MR) is 93.1 cm³/mol. The number of hydrogen-bond acceptors (Lipinski definition) is 4. The molecule has 0 N–H and O–H groups in total. The molecule has 24 heavy (non-hydrogen) atoms. The molecule has 0 radical (unpaired) electrons. The van der Waals surface area contributed by atoms with Gasteiger partial charge in [0.25, 0.3) is 0 Å². The van der Waals surface area contributed by atoms with E-state index in [0.717, 1.165) is 25.2 Å². The summed E-state index contributed by atoms with van der Waals surface area (Å²) in [5.41, 5.74) is 0. The van der Waals surface area contributed by atoms with E-state index in [-0.39, 0.29) is 18.0 Å². The minimum Gasteiger partial charge on any atom is -0.462 e. The van der Waals surface area contributed by atoms with Crippen molar-refractivity contribution in [3.63, 3.8) is 0 Å². The van der Waals surface area contributed by atoms with Gasteiger partial charge in [0.05, 0.1) is 12.7 Å². The van der Waals surface area contributed by atoms with Gasteiger partial charge in [-0.05, 0) is 62.2 Å². The number of carbonyl (C=O) groups is 2. The van der Waals surface area contributed by atoms with Crippen molar-refractivity contribution < 1.29 is 19.1 Å². The van der Waals surface area contributed by atoms with Gasteiger partial charge in [-0.1, -0.05) is 26.5 Å². The fraction of sp³-hybridized carbons (Fsp3) is 0.700. The van der Waals surface area contributed by atoms with Crippen LogP contribution in [0.1, 0.15) is 46.0 Å². The molecule has 2 fully saturated rings. The van der Waals surface area contributed by atoms with E-state index in [1.807, 2.05) is 6.92 Å². The molecule has 2 aliphatic carbocycles. The van der Waals surface area contributed by atoms with Crippen molar-refractivity contribution in [2.45, 2.75) is 52.1 Å². The third-order valence-corrected chi connectivity index (χ3v) is 5.96. The first-order valence-electron chi connectivity index (χ1n) is 9.12. The molecule has 0 saturated heterocycles. The van der Waals surface area contributed by atoms with Crippen LogP contribution in [0.2, 0.25) is 0 Å². The Labute approximate surface area is 145 Å². The zero-order valence-corrected chi connectivity index (χ0v) is 14.9. The minimum atomic E-state index is -0.341. The quantitative estimate of drug-likeness (QED) is 0.474. The van der Waals surface area contributed by atoms with E-state index in [9.17, 15) is 9.59 Å². The molecule has 6 atom stereocenters. The maximum absolute atomic E-state index is 11.3. The van der Waals surface area contributed by atoms with Crippen LogP contribution in [-0.4, -0.2) is 24.6 Å². The summed E-state index contributed by atoms with van der Waals surface area (Å²) in [4.78, 5) is 22.6.